The van der Waals surface area contributed by atoms with Crippen LogP contribution in [0.1, 0.15) is 0 Å². The average molecular weight is 732 g/mol. The lowest BCUT2D eigenvalue weighted by molar-refractivity contribution is 1.22. The van der Waals surface area contributed by atoms with Gasteiger partial charge in [-0.2, -0.15) is 0 Å². The molecule has 1 aliphatic rings. The summed E-state index contributed by atoms with van der Waals surface area (Å²) in [5.74, 6) is 0.730. The van der Waals surface area contributed by atoms with Gasteiger partial charge in [-0.3, -0.25) is 0 Å². The summed E-state index contributed by atoms with van der Waals surface area (Å²) in [4.78, 5) is 15.4. The maximum absolute atomic E-state index is 5.35. The van der Waals surface area contributed by atoms with Crippen molar-refractivity contribution in [3.05, 3.63) is 200 Å². The predicted octanol–water partition coefficient (Wildman–Crippen LogP) is 14.5. The monoisotopic (exact) mass is 731 g/mol. The van der Waals surface area contributed by atoms with Crippen molar-refractivity contribution in [2.24, 2.45) is 0 Å². The molecule has 10 aromatic rings. The second-order valence-corrected chi connectivity index (χ2v) is 15.2. The van der Waals surface area contributed by atoms with E-state index in [1.54, 1.807) is 0 Å². The van der Waals surface area contributed by atoms with E-state index < -0.39 is 0 Å². The first kappa shape index (κ1) is 32.4. The van der Waals surface area contributed by atoms with Crippen LogP contribution in [-0.2, 0) is 0 Å². The number of aromatic nitrogens is 2. The summed E-state index contributed by atoms with van der Waals surface area (Å²) in [6.45, 7) is 0. The van der Waals surface area contributed by atoms with Crippen molar-refractivity contribution in [3.63, 3.8) is 0 Å². The molecule has 0 saturated heterocycles. The van der Waals surface area contributed by atoms with E-state index in [-0.39, 0.29) is 0 Å². The van der Waals surface area contributed by atoms with Crippen LogP contribution in [0.25, 0.3) is 77.3 Å². The average Bonchev–Trinajstić information content (AvgIpc) is 3.27. The topological polar surface area (TPSA) is 29.0 Å². The van der Waals surface area contributed by atoms with Crippen LogP contribution in [0, 0.1) is 0 Å². The Morgan fingerprint density at radius 1 is 0.411 bits per heavy atom. The minimum absolute atomic E-state index is 0.730. The summed E-state index contributed by atoms with van der Waals surface area (Å²) in [5, 5.41) is 5.84. The normalized spacial score (nSPS) is 11.9. The van der Waals surface area contributed by atoms with Gasteiger partial charge in [0.05, 0.1) is 16.9 Å². The largest absolute Gasteiger partial charge is 0.309 e. The van der Waals surface area contributed by atoms with Gasteiger partial charge in [-0.05, 0) is 93.0 Å². The van der Waals surface area contributed by atoms with Gasteiger partial charge in [-0.15, -0.1) is 0 Å². The maximum Gasteiger partial charge on any atom is 0.161 e. The zero-order chi connectivity index (χ0) is 37.0. The van der Waals surface area contributed by atoms with Gasteiger partial charge >= 0.3 is 0 Å². The Hall–Kier alpha value is -7.01. The highest BCUT2D eigenvalue weighted by Crippen LogP contribution is 2.54. The van der Waals surface area contributed by atoms with Crippen LogP contribution < -0.4 is 4.90 Å². The van der Waals surface area contributed by atoms with E-state index >= 15 is 0 Å². The summed E-state index contributed by atoms with van der Waals surface area (Å²) in [7, 11) is 0. The molecule has 3 nitrogen and oxygen atoms in total. The molecule has 0 aliphatic carbocycles. The van der Waals surface area contributed by atoms with E-state index in [1.807, 2.05) is 11.8 Å². The van der Waals surface area contributed by atoms with E-state index in [0.29, 0.717) is 0 Å². The quantitative estimate of drug-likeness (QED) is 0.170. The second kappa shape index (κ2) is 13.4. The van der Waals surface area contributed by atoms with Crippen LogP contribution in [0.2, 0.25) is 0 Å². The highest BCUT2D eigenvalue weighted by Gasteiger charge is 2.27. The highest BCUT2D eigenvalue weighted by molar-refractivity contribution is 8.00. The van der Waals surface area contributed by atoms with Gasteiger partial charge in [0.2, 0.25) is 0 Å². The van der Waals surface area contributed by atoms with Gasteiger partial charge < -0.3 is 4.90 Å². The standard InChI is InChI=1S/C52H33N3S/c1-3-14-34(15-4-1)37-18-11-21-40(33-37)55(39-19-5-2-6-20-39)47-27-13-25-43-41-23-12-24-42-44(30-31-48(49(41)42)56-51(43)47)52-53-46-26-10-9-22-45(46)50(54-52)38-29-28-35-16-7-8-17-36(35)32-38/h1-33H. The summed E-state index contributed by atoms with van der Waals surface area (Å²) in [6, 6.07) is 71.5. The molecule has 1 aliphatic heterocycles. The van der Waals surface area contributed by atoms with Gasteiger partial charge in [-0.25, -0.2) is 9.97 Å². The van der Waals surface area contributed by atoms with E-state index in [4.69, 9.17) is 9.97 Å². The molecule has 0 unspecified atom stereocenters. The first-order valence-corrected chi connectivity index (χ1v) is 19.7. The Bertz CT molecular complexity index is 3120. The second-order valence-electron chi connectivity index (χ2n) is 14.2. The summed E-state index contributed by atoms with van der Waals surface area (Å²) in [6.07, 6.45) is 0. The zero-order valence-electron chi connectivity index (χ0n) is 30.3. The molecule has 9 aromatic carbocycles. The molecular formula is C52H33N3S. The lowest BCUT2D eigenvalue weighted by Crippen LogP contribution is -2.12. The van der Waals surface area contributed by atoms with Gasteiger partial charge in [0, 0.05) is 43.1 Å². The highest BCUT2D eigenvalue weighted by atomic mass is 32.2. The molecule has 0 atom stereocenters. The summed E-state index contributed by atoms with van der Waals surface area (Å²) >= 11 is 1.84. The smallest absolute Gasteiger partial charge is 0.161 e. The van der Waals surface area contributed by atoms with E-state index in [2.05, 4.69) is 205 Å². The van der Waals surface area contributed by atoms with E-state index in [0.717, 1.165) is 56.0 Å². The molecule has 0 bridgehead atoms. The Kier molecular flexibility index (Phi) is 7.75. The lowest BCUT2D eigenvalue weighted by Gasteiger charge is -2.31. The van der Waals surface area contributed by atoms with Crippen molar-refractivity contribution in [1.82, 2.24) is 9.97 Å². The molecule has 1 aromatic heterocycles. The number of rotatable bonds is 6. The molecule has 0 amide bonds. The van der Waals surface area contributed by atoms with Crippen LogP contribution in [0.15, 0.2) is 210 Å². The molecule has 0 spiro atoms. The number of para-hydroxylation sites is 2. The van der Waals surface area contributed by atoms with Crippen LogP contribution in [-0.4, -0.2) is 9.97 Å². The first-order valence-electron chi connectivity index (χ1n) is 18.9. The third-order valence-corrected chi connectivity index (χ3v) is 12.0. The van der Waals surface area contributed by atoms with Crippen LogP contribution in [0.5, 0.6) is 0 Å². The van der Waals surface area contributed by atoms with Gasteiger partial charge in [0.1, 0.15) is 0 Å². The minimum atomic E-state index is 0.730. The van der Waals surface area contributed by atoms with E-state index in [1.165, 1.54) is 48.2 Å². The molecule has 0 radical (unpaired) electrons. The summed E-state index contributed by atoms with van der Waals surface area (Å²) in [5.41, 5.74) is 12.2. The molecule has 56 heavy (non-hydrogen) atoms. The number of hydrogen-bond acceptors (Lipinski definition) is 4. The molecule has 2 heterocycles. The number of anilines is 3. The fourth-order valence-corrected chi connectivity index (χ4v) is 9.45. The Balaban J connectivity index is 1.07. The minimum Gasteiger partial charge on any atom is -0.309 e. The predicted molar refractivity (Wildman–Crippen MR) is 235 cm³/mol. The molecule has 4 heteroatoms. The van der Waals surface area contributed by atoms with E-state index in [9.17, 15) is 0 Å². The van der Waals surface area contributed by atoms with Crippen LogP contribution >= 0.6 is 11.8 Å². The number of nitrogens with zero attached hydrogens (tertiary/aromatic N) is 3. The molecule has 0 saturated carbocycles. The molecular weight excluding hydrogens is 699 g/mol. The maximum atomic E-state index is 5.35. The van der Waals surface area contributed by atoms with Crippen molar-refractivity contribution in [1.29, 1.82) is 0 Å². The first-order chi connectivity index (χ1) is 27.8. The lowest BCUT2D eigenvalue weighted by atomic mass is 9.94. The van der Waals surface area contributed by atoms with Crippen molar-refractivity contribution in [2.45, 2.75) is 9.79 Å². The number of benzene rings is 9. The number of fused-ring (bicyclic) bond motifs is 4. The SMILES string of the molecule is c1ccc(-c2cccc(N(c3ccccc3)c3cccc4c3Sc3ccc(-c5nc(-c6ccc7ccccc7c6)c6ccccc6n5)c5cccc-4c35)c2)cc1. The number of hydrogen-bond donors (Lipinski definition) is 0. The van der Waals surface area contributed by atoms with Crippen molar-refractivity contribution in [3.8, 4) is 44.9 Å². The zero-order valence-corrected chi connectivity index (χ0v) is 31.1. The third-order valence-electron chi connectivity index (χ3n) is 10.8. The third kappa shape index (κ3) is 5.45. The van der Waals surface area contributed by atoms with Crippen LogP contribution in [0.4, 0.5) is 17.1 Å². The van der Waals surface area contributed by atoms with Gasteiger partial charge in [-0.1, -0.05) is 157 Å². The molecule has 0 fully saturated rings. The van der Waals surface area contributed by atoms with Gasteiger partial charge in [0.25, 0.3) is 0 Å². The van der Waals surface area contributed by atoms with Crippen molar-refractivity contribution in [2.75, 3.05) is 4.90 Å². The van der Waals surface area contributed by atoms with Crippen LogP contribution in [0.3, 0.4) is 0 Å². The molecule has 11 rings (SSSR count). The van der Waals surface area contributed by atoms with Crippen molar-refractivity contribution >= 4 is 61.3 Å². The summed E-state index contributed by atoms with van der Waals surface area (Å²) < 4.78 is 0. The fraction of sp³-hybridized carbons (Fsp3) is 0. The van der Waals surface area contributed by atoms with Crippen molar-refractivity contribution < 1.29 is 0 Å². The van der Waals surface area contributed by atoms with Gasteiger partial charge in [0.15, 0.2) is 5.82 Å². The fourth-order valence-electron chi connectivity index (χ4n) is 8.22. The molecule has 0 N–H and O–H groups in total. The Labute approximate surface area is 329 Å². The Morgan fingerprint density at radius 3 is 2.00 bits per heavy atom. The Morgan fingerprint density at radius 2 is 1.11 bits per heavy atom. The molecule has 262 valence electrons.